The van der Waals surface area contributed by atoms with Crippen LogP contribution in [-0.2, 0) is 14.8 Å². The lowest BCUT2D eigenvalue weighted by Gasteiger charge is -2.23. The largest absolute Gasteiger partial charge is 0.497 e. The summed E-state index contributed by atoms with van der Waals surface area (Å²) in [7, 11) is -1.98. The van der Waals surface area contributed by atoms with E-state index in [2.05, 4.69) is 5.32 Å². The lowest BCUT2D eigenvalue weighted by Crippen LogP contribution is -2.32. The van der Waals surface area contributed by atoms with E-state index in [1.807, 2.05) is 39.0 Å². The van der Waals surface area contributed by atoms with Gasteiger partial charge in [0.2, 0.25) is 15.9 Å². The van der Waals surface area contributed by atoms with Crippen LogP contribution in [0.2, 0.25) is 0 Å². The number of nitrogens with one attached hydrogen (secondary N) is 1. The molecule has 1 amide bonds. The normalized spacial score (nSPS) is 12.0. The van der Waals surface area contributed by atoms with Crippen molar-refractivity contribution in [2.24, 2.45) is 0 Å². The molecule has 2 aromatic rings. The predicted molar refractivity (Wildman–Crippen MR) is 130 cm³/mol. The molecule has 0 aliphatic rings. The Labute approximate surface area is 196 Å². The highest BCUT2D eigenvalue weighted by atomic mass is 32.2. The standard InChI is InChI=1S/C24H34N2O6S/c1-6-31-22-14-13-19(16-23(22)32-7-2)18(3)25-24(27)12-9-15-26(33(5,28)29)20-10-8-11-21(17-20)30-4/h8,10-11,13-14,16-18H,6-7,9,12,15H2,1-5H3,(H,25,27)/t18-/m1/s1. The average Bonchev–Trinajstić information content (AvgIpc) is 2.77. The molecule has 0 aromatic heterocycles. The van der Waals surface area contributed by atoms with Crippen molar-refractivity contribution < 1.29 is 27.4 Å². The molecule has 1 N–H and O–H groups in total. The van der Waals surface area contributed by atoms with Crippen molar-refractivity contribution in [1.29, 1.82) is 0 Å². The second kappa shape index (κ2) is 12.3. The average molecular weight is 479 g/mol. The summed E-state index contributed by atoms with van der Waals surface area (Å²) >= 11 is 0. The maximum atomic E-state index is 12.5. The third-order valence-corrected chi connectivity index (χ3v) is 6.15. The molecule has 2 aromatic carbocycles. The molecule has 0 unspecified atom stereocenters. The zero-order valence-electron chi connectivity index (χ0n) is 20.0. The van der Waals surface area contributed by atoms with Crippen LogP contribution in [0, 0.1) is 0 Å². The lowest BCUT2D eigenvalue weighted by molar-refractivity contribution is -0.121. The Kier molecular flexibility index (Phi) is 9.84. The predicted octanol–water partition coefficient (Wildman–Crippen LogP) is 3.92. The molecule has 1 atom stereocenters. The molecule has 8 nitrogen and oxygen atoms in total. The van der Waals surface area contributed by atoms with Crippen LogP contribution in [0.25, 0.3) is 0 Å². The first-order valence-electron chi connectivity index (χ1n) is 11.0. The van der Waals surface area contributed by atoms with Crippen molar-refractivity contribution in [3.05, 3.63) is 48.0 Å². The maximum Gasteiger partial charge on any atom is 0.232 e. The Morgan fingerprint density at radius 3 is 2.39 bits per heavy atom. The van der Waals surface area contributed by atoms with Gasteiger partial charge in [-0.2, -0.15) is 0 Å². The molecule has 0 saturated heterocycles. The molecule has 0 aliphatic heterocycles. The number of carbonyl (C=O) groups excluding carboxylic acids is 1. The van der Waals surface area contributed by atoms with Crippen LogP contribution in [-0.4, -0.2) is 47.4 Å². The summed E-state index contributed by atoms with van der Waals surface area (Å²) in [6.45, 7) is 6.93. The number of sulfonamides is 1. The zero-order chi connectivity index (χ0) is 24.4. The van der Waals surface area contributed by atoms with Gasteiger partial charge in [-0.15, -0.1) is 0 Å². The number of benzene rings is 2. The van der Waals surface area contributed by atoms with Crippen LogP contribution in [0.4, 0.5) is 5.69 Å². The van der Waals surface area contributed by atoms with Gasteiger partial charge >= 0.3 is 0 Å². The molecule has 0 saturated carbocycles. The van der Waals surface area contributed by atoms with Gasteiger partial charge in [0.1, 0.15) is 5.75 Å². The summed E-state index contributed by atoms with van der Waals surface area (Å²) in [4.78, 5) is 12.5. The van der Waals surface area contributed by atoms with Gasteiger partial charge in [0, 0.05) is 19.0 Å². The number of rotatable bonds is 13. The van der Waals surface area contributed by atoms with Gasteiger partial charge in [-0.3, -0.25) is 9.10 Å². The Morgan fingerprint density at radius 2 is 1.76 bits per heavy atom. The molecule has 182 valence electrons. The minimum Gasteiger partial charge on any atom is -0.497 e. The molecule has 9 heteroatoms. The van der Waals surface area contributed by atoms with Crippen molar-refractivity contribution in [3.8, 4) is 17.2 Å². The molecule has 0 heterocycles. The topological polar surface area (TPSA) is 94.2 Å². The fraction of sp³-hybridized carbons (Fsp3) is 0.458. The van der Waals surface area contributed by atoms with E-state index in [-0.39, 0.29) is 24.9 Å². The Morgan fingerprint density at radius 1 is 1.06 bits per heavy atom. The monoisotopic (exact) mass is 478 g/mol. The van der Waals surface area contributed by atoms with E-state index >= 15 is 0 Å². The van der Waals surface area contributed by atoms with Gasteiger partial charge in [0.15, 0.2) is 11.5 Å². The lowest BCUT2D eigenvalue weighted by atomic mass is 10.1. The fourth-order valence-corrected chi connectivity index (χ4v) is 4.33. The number of hydrogen-bond acceptors (Lipinski definition) is 6. The van der Waals surface area contributed by atoms with Crippen LogP contribution >= 0.6 is 0 Å². The van der Waals surface area contributed by atoms with Crippen molar-refractivity contribution >= 4 is 21.6 Å². The third kappa shape index (κ3) is 7.85. The van der Waals surface area contributed by atoms with E-state index in [1.54, 1.807) is 24.3 Å². The smallest absolute Gasteiger partial charge is 0.232 e. The fourth-order valence-electron chi connectivity index (χ4n) is 3.37. The molecule has 0 spiro atoms. The molecule has 33 heavy (non-hydrogen) atoms. The maximum absolute atomic E-state index is 12.5. The van der Waals surface area contributed by atoms with Crippen LogP contribution in [0.15, 0.2) is 42.5 Å². The van der Waals surface area contributed by atoms with E-state index in [0.717, 1.165) is 11.8 Å². The number of anilines is 1. The summed E-state index contributed by atoms with van der Waals surface area (Å²) in [6, 6.07) is 12.2. The van der Waals surface area contributed by atoms with Crippen molar-refractivity contribution in [2.45, 2.75) is 39.7 Å². The molecular formula is C24H34N2O6S. The molecule has 0 fully saturated rings. The quantitative estimate of drug-likeness (QED) is 0.469. The van der Waals surface area contributed by atoms with E-state index < -0.39 is 10.0 Å². The Balaban J connectivity index is 1.99. The highest BCUT2D eigenvalue weighted by Gasteiger charge is 2.19. The van der Waals surface area contributed by atoms with E-state index in [0.29, 0.717) is 42.6 Å². The second-order valence-electron chi connectivity index (χ2n) is 7.50. The highest BCUT2D eigenvalue weighted by Crippen LogP contribution is 2.31. The number of amides is 1. The number of hydrogen-bond donors (Lipinski definition) is 1. The summed E-state index contributed by atoms with van der Waals surface area (Å²) in [5.41, 5.74) is 1.40. The zero-order valence-corrected chi connectivity index (χ0v) is 20.8. The number of methoxy groups -OCH3 is 1. The summed E-state index contributed by atoms with van der Waals surface area (Å²) in [6.07, 6.45) is 1.71. The molecule has 0 bridgehead atoms. The van der Waals surface area contributed by atoms with Gasteiger partial charge in [-0.1, -0.05) is 12.1 Å². The van der Waals surface area contributed by atoms with Gasteiger partial charge in [-0.05, 0) is 57.0 Å². The molecular weight excluding hydrogens is 444 g/mol. The highest BCUT2D eigenvalue weighted by molar-refractivity contribution is 7.92. The first-order valence-corrected chi connectivity index (χ1v) is 12.8. The van der Waals surface area contributed by atoms with Crippen LogP contribution in [0.3, 0.4) is 0 Å². The van der Waals surface area contributed by atoms with Crippen molar-refractivity contribution in [3.63, 3.8) is 0 Å². The Hall–Kier alpha value is -2.94. The van der Waals surface area contributed by atoms with E-state index in [9.17, 15) is 13.2 Å². The van der Waals surface area contributed by atoms with E-state index in [1.165, 1.54) is 11.4 Å². The van der Waals surface area contributed by atoms with Gasteiger partial charge < -0.3 is 19.5 Å². The van der Waals surface area contributed by atoms with Gasteiger partial charge in [0.05, 0.1) is 38.3 Å². The van der Waals surface area contributed by atoms with Crippen LogP contribution in [0.5, 0.6) is 17.2 Å². The summed E-state index contributed by atoms with van der Waals surface area (Å²) in [5.74, 6) is 1.71. The minimum absolute atomic E-state index is 0.159. The van der Waals surface area contributed by atoms with Gasteiger partial charge in [0.25, 0.3) is 0 Å². The first kappa shape index (κ1) is 26.3. The third-order valence-electron chi connectivity index (χ3n) is 4.95. The molecule has 2 rings (SSSR count). The summed E-state index contributed by atoms with van der Waals surface area (Å²) in [5, 5.41) is 2.96. The number of ether oxygens (including phenoxy) is 3. The van der Waals surface area contributed by atoms with Crippen LogP contribution in [0.1, 0.15) is 45.2 Å². The van der Waals surface area contributed by atoms with Crippen molar-refractivity contribution in [2.75, 3.05) is 37.4 Å². The molecule has 0 aliphatic carbocycles. The van der Waals surface area contributed by atoms with E-state index in [4.69, 9.17) is 14.2 Å². The number of carbonyl (C=O) groups is 1. The molecule has 0 radical (unpaired) electrons. The van der Waals surface area contributed by atoms with Gasteiger partial charge in [-0.25, -0.2) is 8.42 Å². The number of nitrogens with zero attached hydrogens (tertiary/aromatic N) is 1. The summed E-state index contributed by atoms with van der Waals surface area (Å²) < 4.78 is 42.3. The minimum atomic E-state index is -3.51. The SMILES string of the molecule is CCOc1ccc([C@@H](C)NC(=O)CCCN(c2cccc(OC)c2)S(C)(=O)=O)cc1OCC. The van der Waals surface area contributed by atoms with Crippen molar-refractivity contribution in [1.82, 2.24) is 5.32 Å². The first-order chi connectivity index (χ1) is 15.7. The Bertz CT molecular complexity index is 1030. The van der Waals surface area contributed by atoms with Crippen LogP contribution < -0.4 is 23.8 Å². The second-order valence-corrected chi connectivity index (χ2v) is 9.41.